The highest BCUT2D eigenvalue weighted by Crippen LogP contribution is 1.92. The molecule has 0 aliphatic carbocycles. The van der Waals surface area contributed by atoms with Crippen molar-refractivity contribution < 1.29 is 0 Å². The molecule has 30 valence electrons. The van der Waals surface area contributed by atoms with Gasteiger partial charge in [0.25, 0.3) is 0 Å². The molecule has 0 aliphatic rings. The van der Waals surface area contributed by atoms with Gasteiger partial charge in [-0.25, -0.2) is 0 Å². The van der Waals surface area contributed by atoms with E-state index in [1.54, 1.807) is 0 Å². The predicted molar refractivity (Wildman–Crippen MR) is 28.2 cm³/mol. The quantitative estimate of drug-likeness (QED) is 0.412. The Kier molecular flexibility index (Phi) is 3.05. The summed E-state index contributed by atoms with van der Waals surface area (Å²) in [4.78, 5) is 0. The van der Waals surface area contributed by atoms with Gasteiger partial charge in [-0.2, -0.15) is 0 Å². The Morgan fingerprint density at radius 1 is 1.60 bits per heavy atom. The second kappa shape index (κ2) is 2.75. The molecule has 0 amide bonds. The Bertz CT molecular complexity index is 17.6. The summed E-state index contributed by atoms with van der Waals surface area (Å²) in [5.41, 5.74) is 0. The minimum atomic E-state index is 0.946. The maximum Gasteiger partial charge on any atom is 0.212 e. The van der Waals surface area contributed by atoms with Gasteiger partial charge < -0.3 is 0 Å². The molecule has 1 heteroatoms. The molecule has 5 heavy (non-hydrogen) atoms. The fourth-order valence-electron chi connectivity index (χ4n) is 0. The third-order valence-electron chi connectivity index (χ3n) is 0.816. The van der Waals surface area contributed by atoms with Gasteiger partial charge in [-0.05, 0) is 0 Å². The number of rotatable bonds is 1. The highest BCUT2D eigenvalue weighted by molar-refractivity contribution is 6.08. The van der Waals surface area contributed by atoms with Gasteiger partial charge in [0.1, 0.15) is 0 Å². The van der Waals surface area contributed by atoms with Crippen molar-refractivity contribution in [3.05, 3.63) is 0 Å². The van der Waals surface area contributed by atoms with Crippen LogP contribution in [-0.4, -0.2) is 16.3 Å². The average molecular weight is 86.1 g/mol. The Labute approximate surface area is 42.0 Å². The molecule has 0 atom stereocenters. The lowest BCUT2D eigenvalue weighted by Crippen LogP contribution is -1.80. The van der Waals surface area contributed by atoms with Crippen LogP contribution < -0.4 is 0 Å². The fraction of sp³-hybridized carbons (Fsp3) is 1.00. The second-order valence-electron chi connectivity index (χ2n) is 1.80. The summed E-state index contributed by atoms with van der Waals surface area (Å²) < 4.78 is 0. The van der Waals surface area contributed by atoms with Crippen LogP contribution in [0.25, 0.3) is 0 Å². The van der Waals surface area contributed by atoms with E-state index in [0.717, 1.165) is 5.92 Å². The largest absolute Gasteiger partial charge is 0.212 e. The van der Waals surface area contributed by atoms with Crippen LogP contribution in [-0.2, 0) is 0 Å². The summed E-state index contributed by atoms with van der Waals surface area (Å²) in [6.45, 7) is 4.51. The smallest absolute Gasteiger partial charge is 0.0990 e. The van der Waals surface area contributed by atoms with Crippen molar-refractivity contribution in [2.45, 2.75) is 19.1 Å². The van der Waals surface area contributed by atoms with E-state index >= 15 is 0 Å². The number of hydrogen-bond acceptors (Lipinski definition) is 0. The molecule has 0 bridgehead atoms. The molecule has 0 nitrogen and oxygen atoms in total. The molecule has 0 radical (unpaired) electrons. The maximum absolute atomic E-state index is 2.26. The minimum Gasteiger partial charge on any atom is -0.0990 e. The molecule has 0 saturated heterocycles. The van der Waals surface area contributed by atoms with E-state index in [1.807, 2.05) is 0 Å². The van der Waals surface area contributed by atoms with Crippen molar-refractivity contribution in [2.24, 2.45) is 5.92 Å². The van der Waals surface area contributed by atoms with E-state index < -0.39 is 0 Å². The third-order valence-corrected chi connectivity index (χ3v) is 2.45. The summed E-state index contributed by atoms with van der Waals surface area (Å²) in [6, 6.07) is 0. The van der Waals surface area contributed by atoms with Crippen LogP contribution in [0.2, 0.25) is 5.28 Å². The van der Waals surface area contributed by atoms with Crippen LogP contribution in [0.1, 0.15) is 13.8 Å². The monoisotopic (exact) mass is 86.1 g/mol. The van der Waals surface area contributed by atoms with Gasteiger partial charge in [-0.3, -0.25) is 0 Å². The molecule has 0 aromatic rings. The lowest BCUT2D eigenvalue weighted by Gasteiger charge is -1.90. The molecule has 0 aromatic carbocycles. The molecule has 0 N–H and O–H groups in total. The van der Waals surface area contributed by atoms with Crippen LogP contribution in [0, 0.1) is 5.92 Å². The standard InChI is InChI=1S/C4H9.Al.2H/c1-4(2)3;;;/h4H,1H2,2-3H3;;;. The van der Waals surface area contributed by atoms with Gasteiger partial charge in [-0.15, -0.1) is 0 Å². The van der Waals surface area contributed by atoms with Crippen molar-refractivity contribution in [3.63, 3.8) is 0 Å². The van der Waals surface area contributed by atoms with Gasteiger partial charge in [0.05, 0.1) is 0 Å². The summed E-state index contributed by atoms with van der Waals surface area (Å²) in [6.07, 6.45) is 0. The van der Waals surface area contributed by atoms with E-state index in [1.165, 1.54) is 21.6 Å². The van der Waals surface area contributed by atoms with Crippen molar-refractivity contribution >= 4 is 16.3 Å². The zero-order valence-electron chi connectivity index (χ0n) is 4.28. The van der Waals surface area contributed by atoms with Crippen molar-refractivity contribution in [2.75, 3.05) is 0 Å². The molecule has 0 aromatic heterocycles. The van der Waals surface area contributed by atoms with Gasteiger partial charge in [0.2, 0.25) is 16.3 Å². The molecule has 0 rings (SSSR count). The highest BCUT2D eigenvalue weighted by atomic mass is 27.0. The molecule has 0 unspecified atom stereocenters. The van der Waals surface area contributed by atoms with Gasteiger partial charge in [-0.1, -0.05) is 25.0 Å². The summed E-state index contributed by atoms with van der Waals surface area (Å²) in [7, 11) is 0. The first-order valence-corrected chi connectivity index (χ1v) is 3.68. The van der Waals surface area contributed by atoms with E-state index in [0.29, 0.717) is 0 Å². The molecule has 0 spiro atoms. The van der Waals surface area contributed by atoms with E-state index in [-0.39, 0.29) is 0 Å². The summed E-state index contributed by atoms with van der Waals surface area (Å²) >= 11 is 1.37. The van der Waals surface area contributed by atoms with Gasteiger partial charge in [0.15, 0.2) is 0 Å². The van der Waals surface area contributed by atoms with E-state index in [2.05, 4.69) is 13.8 Å². The van der Waals surface area contributed by atoms with Crippen molar-refractivity contribution in [3.8, 4) is 0 Å². The summed E-state index contributed by atoms with van der Waals surface area (Å²) in [5.74, 6) is 0.946. The lowest BCUT2D eigenvalue weighted by atomic mass is 10.3. The fourth-order valence-corrected chi connectivity index (χ4v) is 0. The van der Waals surface area contributed by atoms with Crippen LogP contribution in [0.3, 0.4) is 0 Å². The Morgan fingerprint density at radius 2 is 1.80 bits per heavy atom. The topological polar surface area (TPSA) is 0 Å². The normalized spacial score (nSPS) is 9.40. The molecule has 0 heterocycles. The zero-order valence-corrected chi connectivity index (χ0v) is 6.28. The molecular formula is C4H11Al. The first-order valence-electron chi connectivity index (χ1n) is 2.27. The van der Waals surface area contributed by atoms with Crippen LogP contribution in [0.4, 0.5) is 0 Å². The van der Waals surface area contributed by atoms with Gasteiger partial charge >= 0.3 is 0 Å². The van der Waals surface area contributed by atoms with E-state index in [4.69, 9.17) is 0 Å². The summed E-state index contributed by atoms with van der Waals surface area (Å²) in [5, 5.41) is 1.44. The molecule has 0 aliphatic heterocycles. The number of hydrogen-bond donors (Lipinski definition) is 0. The van der Waals surface area contributed by atoms with Crippen molar-refractivity contribution in [1.29, 1.82) is 0 Å². The van der Waals surface area contributed by atoms with E-state index in [9.17, 15) is 0 Å². The van der Waals surface area contributed by atoms with Crippen LogP contribution in [0.15, 0.2) is 0 Å². The van der Waals surface area contributed by atoms with Gasteiger partial charge in [0, 0.05) is 0 Å². The molecular weight excluding hydrogens is 75.0 g/mol. The second-order valence-corrected chi connectivity index (χ2v) is 2.62. The molecule has 0 fully saturated rings. The van der Waals surface area contributed by atoms with Crippen LogP contribution in [0.5, 0.6) is 0 Å². The average Bonchev–Trinajstić information content (AvgIpc) is 1.38. The first-order chi connectivity index (χ1) is 2.27. The molecule has 0 saturated carbocycles. The SMILES string of the molecule is CC(C)[CH2][AlH2]. The highest BCUT2D eigenvalue weighted by Gasteiger charge is 1.80. The Hall–Kier alpha value is 0.532. The first kappa shape index (κ1) is 5.53. The predicted octanol–water partition coefficient (Wildman–Crippen LogP) is 0.694. The third kappa shape index (κ3) is 4.53. The zero-order chi connectivity index (χ0) is 4.28. The maximum atomic E-state index is 2.26. The van der Waals surface area contributed by atoms with Crippen LogP contribution >= 0.6 is 0 Å². The Balaban J connectivity index is 2.54. The van der Waals surface area contributed by atoms with Crippen molar-refractivity contribution in [1.82, 2.24) is 0 Å². The lowest BCUT2D eigenvalue weighted by molar-refractivity contribution is 0.735. The Morgan fingerprint density at radius 3 is 1.80 bits per heavy atom. The minimum absolute atomic E-state index is 0.946.